The van der Waals surface area contributed by atoms with E-state index in [0.717, 1.165) is 4.99 Å². The second kappa shape index (κ2) is 8.75. The number of nitrogens with two attached hydrogens (primary N) is 1. The molecule has 2 nitrogen and oxygen atoms in total. The van der Waals surface area contributed by atoms with E-state index in [1.54, 1.807) is 0 Å². The highest BCUT2D eigenvalue weighted by Crippen LogP contribution is 2.42. The Hall–Kier alpha value is -2.49. The van der Waals surface area contributed by atoms with Crippen LogP contribution in [0.4, 0.5) is 0 Å². The van der Waals surface area contributed by atoms with Crippen molar-refractivity contribution in [1.29, 1.82) is 0 Å². The molecule has 0 saturated carbocycles. The molecule has 0 unspecified atom stereocenters. The zero-order valence-electron chi connectivity index (χ0n) is 14.8. The van der Waals surface area contributed by atoms with Gasteiger partial charge in [0.25, 0.3) is 0 Å². The maximum atomic E-state index is 5.70. The fourth-order valence-corrected chi connectivity index (χ4v) is 3.81. The van der Waals surface area contributed by atoms with E-state index in [4.69, 9.17) is 18.0 Å². The van der Waals surface area contributed by atoms with Gasteiger partial charge in [0.2, 0.25) is 0 Å². The quantitative estimate of drug-likeness (QED) is 0.488. The first-order valence-electron chi connectivity index (χ1n) is 8.91. The summed E-state index contributed by atoms with van der Waals surface area (Å²) in [6, 6.07) is 31.8. The Morgan fingerprint density at radius 3 is 1.46 bits per heavy atom. The maximum absolute atomic E-state index is 5.70. The maximum Gasteiger partial charge on any atom is 0.0769 e. The Morgan fingerprint density at radius 1 is 0.731 bits per heavy atom. The lowest BCUT2D eigenvalue weighted by atomic mass is 9.67. The zero-order valence-corrected chi connectivity index (χ0v) is 15.6. The van der Waals surface area contributed by atoms with Gasteiger partial charge in [0, 0.05) is 19.5 Å². The molecule has 0 atom stereocenters. The number of benzene rings is 3. The van der Waals surface area contributed by atoms with E-state index >= 15 is 0 Å². The summed E-state index contributed by atoms with van der Waals surface area (Å²) in [5.41, 5.74) is 9.00. The van der Waals surface area contributed by atoms with Gasteiger partial charge in [-0.3, -0.25) is 0 Å². The Kier molecular flexibility index (Phi) is 6.16. The summed E-state index contributed by atoms with van der Waals surface area (Å²) in [5, 5.41) is 3.30. The monoisotopic (exact) mass is 360 g/mol. The van der Waals surface area contributed by atoms with Crippen molar-refractivity contribution in [2.75, 3.05) is 13.1 Å². The molecule has 0 aliphatic rings. The molecule has 0 spiro atoms. The third-order valence-corrected chi connectivity index (χ3v) is 4.98. The molecule has 0 fully saturated rings. The van der Waals surface area contributed by atoms with Crippen LogP contribution in [0, 0.1) is 0 Å². The Balaban J connectivity index is 2.19. The van der Waals surface area contributed by atoms with E-state index in [-0.39, 0.29) is 5.41 Å². The lowest BCUT2D eigenvalue weighted by molar-refractivity contribution is 0.638. The highest BCUT2D eigenvalue weighted by molar-refractivity contribution is 7.80. The molecule has 0 aliphatic carbocycles. The summed E-state index contributed by atoms with van der Waals surface area (Å²) in [6.45, 7) is 1.25. The summed E-state index contributed by atoms with van der Waals surface area (Å²) in [5.74, 6) is 0. The fraction of sp³-hybridized carbons (Fsp3) is 0.174. The molecule has 0 saturated heterocycles. The highest BCUT2D eigenvalue weighted by atomic mass is 32.1. The molecule has 3 aromatic carbocycles. The van der Waals surface area contributed by atoms with Crippen molar-refractivity contribution in [3.63, 3.8) is 0 Å². The van der Waals surface area contributed by atoms with Crippen molar-refractivity contribution in [1.82, 2.24) is 5.32 Å². The van der Waals surface area contributed by atoms with Gasteiger partial charge in [-0.2, -0.15) is 0 Å². The van der Waals surface area contributed by atoms with E-state index in [1.807, 2.05) is 0 Å². The van der Waals surface area contributed by atoms with Gasteiger partial charge in [0.05, 0.1) is 10.4 Å². The normalized spacial score (nSPS) is 11.1. The third kappa shape index (κ3) is 3.85. The largest absolute Gasteiger partial charge is 0.378 e. The molecule has 0 radical (unpaired) electrons. The van der Waals surface area contributed by atoms with Crippen molar-refractivity contribution in [3.05, 3.63) is 108 Å². The van der Waals surface area contributed by atoms with Crippen LogP contribution in [0.1, 0.15) is 23.1 Å². The van der Waals surface area contributed by atoms with Crippen LogP contribution in [-0.2, 0) is 5.41 Å². The van der Waals surface area contributed by atoms with Crippen molar-refractivity contribution in [2.45, 2.75) is 11.8 Å². The first-order chi connectivity index (χ1) is 12.8. The number of hydrogen-bond donors (Lipinski definition) is 2. The average molecular weight is 361 g/mol. The van der Waals surface area contributed by atoms with Crippen LogP contribution in [0.5, 0.6) is 0 Å². The number of thiocarbonyl (C=S) groups is 1. The summed E-state index contributed by atoms with van der Waals surface area (Å²) in [4.78, 5) is 0.826. The summed E-state index contributed by atoms with van der Waals surface area (Å²) in [7, 11) is 0. The van der Waals surface area contributed by atoms with Gasteiger partial charge in [0.1, 0.15) is 0 Å². The minimum atomic E-state index is -0.345. The topological polar surface area (TPSA) is 38.0 Å². The fourth-order valence-electron chi connectivity index (χ4n) is 3.49. The molecule has 3 heteroatoms. The van der Waals surface area contributed by atoms with Crippen LogP contribution < -0.4 is 11.1 Å². The zero-order chi connectivity index (χ0) is 18.2. The minimum absolute atomic E-state index is 0.345. The molecule has 0 heterocycles. The molecular weight excluding hydrogens is 336 g/mol. The molecule has 0 bridgehead atoms. The van der Waals surface area contributed by atoms with Crippen LogP contribution in [0.3, 0.4) is 0 Å². The number of nitrogens with one attached hydrogen (secondary N) is 1. The molecule has 3 N–H and O–H groups in total. The Labute approximate surface area is 161 Å². The Bertz CT molecular complexity index is 720. The van der Waals surface area contributed by atoms with Crippen LogP contribution in [0.15, 0.2) is 91.0 Å². The van der Waals surface area contributed by atoms with E-state index in [9.17, 15) is 0 Å². The average Bonchev–Trinajstić information content (AvgIpc) is 2.72. The second-order valence-electron chi connectivity index (χ2n) is 6.32. The van der Waals surface area contributed by atoms with Gasteiger partial charge < -0.3 is 11.1 Å². The Morgan fingerprint density at radius 2 is 1.12 bits per heavy atom. The number of rotatable bonds is 7. The van der Waals surface area contributed by atoms with Crippen molar-refractivity contribution in [3.8, 4) is 0 Å². The lowest BCUT2D eigenvalue weighted by Crippen LogP contribution is -2.37. The second-order valence-corrected chi connectivity index (χ2v) is 6.81. The molecule has 3 aromatic rings. The predicted molar refractivity (Wildman–Crippen MR) is 113 cm³/mol. The lowest BCUT2D eigenvalue weighted by Gasteiger charge is -2.36. The molecule has 0 amide bonds. The molecule has 0 aliphatic heterocycles. The van der Waals surface area contributed by atoms with E-state index in [2.05, 4.69) is 96.3 Å². The molecule has 3 rings (SSSR count). The van der Waals surface area contributed by atoms with Crippen LogP contribution in [0.25, 0.3) is 0 Å². The first kappa shape index (κ1) is 18.3. The predicted octanol–water partition coefficient (Wildman–Crippen LogP) is 4.29. The first-order valence-corrected chi connectivity index (χ1v) is 9.31. The summed E-state index contributed by atoms with van der Waals surface area (Å²) >= 11 is 5.70. The third-order valence-electron chi connectivity index (χ3n) is 4.69. The molecule has 26 heavy (non-hydrogen) atoms. The van der Waals surface area contributed by atoms with Gasteiger partial charge in [0.15, 0.2) is 0 Å². The highest BCUT2D eigenvalue weighted by Gasteiger charge is 2.37. The molecule has 0 aromatic heterocycles. The molecular formula is C23H24N2S. The minimum Gasteiger partial charge on any atom is -0.378 e. The molecule has 132 valence electrons. The van der Waals surface area contributed by atoms with Gasteiger partial charge in [-0.15, -0.1) is 0 Å². The van der Waals surface area contributed by atoms with Crippen LogP contribution in [0.2, 0.25) is 0 Å². The van der Waals surface area contributed by atoms with Crippen LogP contribution in [-0.4, -0.2) is 18.1 Å². The van der Waals surface area contributed by atoms with E-state index in [0.29, 0.717) is 19.5 Å². The van der Waals surface area contributed by atoms with Crippen molar-refractivity contribution < 1.29 is 0 Å². The smallest absolute Gasteiger partial charge is 0.0769 e. The van der Waals surface area contributed by atoms with Crippen molar-refractivity contribution in [2.24, 2.45) is 5.73 Å². The standard InChI is InChI=1S/C23H24N2S/c24-16-17-25-22(26)18-23(19-10-4-1-5-11-19,20-12-6-2-7-13-20)21-14-8-3-9-15-21/h1-15H,16-18,24H2,(H,25,26). The van der Waals surface area contributed by atoms with Crippen molar-refractivity contribution >= 4 is 17.2 Å². The van der Waals surface area contributed by atoms with E-state index < -0.39 is 0 Å². The van der Waals surface area contributed by atoms with Gasteiger partial charge in [-0.25, -0.2) is 0 Å². The number of hydrogen-bond acceptors (Lipinski definition) is 2. The SMILES string of the molecule is NCCNC(=S)CC(c1ccccc1)(c1ccccc1)c1ccccc1. The van der Waals surface area contributed by atoms with E-state index in [1.165, 1.54) is 16.7 Å². The summed E-state index contributed by atoms with van der Waals surface area (Å²) < 4.78 is 0. The van der Waals surface area contributed by atoms with Gasteiger partial charge >= 0.3 is 0 Å². The summed E-state index contributed by atoms with van der Waals surface area (Å²) in [6.07, 6.45) is 0.695. The van der Waals surface area contributed by atoms with Gasteiger partial charge in [-0.1, -0.05) is 103 Å². The van der Waals surface area contributed by atoms with Crippen LogP contribution >= 0.6 is 12.2 Å². The van der Waals surface area contributed by atoms with Gasteiger partial charge in [-0.05, 0) is 16.7 Å².